The molecule has 2 rings (SSSR count). The third-order valence-electron chi connectivity index (χ3n) is 3.58. The molecule has 22 heavy (non-hydrogen) atoms. The first-order valence-corrected chi connectivity index (χ1v) is 7.99. The maximum absolute atomic E-state index is 12.2. The van der Waals surface area contributed by atoms with Gasteiger partial charge in [0.25, 0.3) is 5.91 Å². The lowest BCUT2D eigenvalue weighted by molar-refractivity contribution is 0.0940. The Kier molecular flexibility index (Phi) is 5.62. The molecule has 1 N–H and O–H groups in total. The van der Waals surface area contributed by atoms with Crippen molar-refractivity contribution in [3.05, 3.63) is 70.2 Å². The van der Waals surface area contributed by atoms with Gasteiger partial charge in [-0.2, -0.15) is 0 Å². The maximum Gasteiger partial charge on any atom is 0.251 e. The van der Waals surface area contributed by atoms with Gasteiger partial charge in [0.2, 0.25) is 0 Å². The van der Waals surface area contributed by atoms with Gasteiger partial charge in [-0.3, -0.25) is 4.79 Å². The third-order valence-corrected chi connectivity index (χ3v) is 3.83. The van der Waals surface area contributed by atoms with E-state index in [1.165, 1.54) is 5.56 Å². The van der Waals surface area contributed by atoms with Crippen molar-refractivity contribution in [2.75, 3.05) is 0 Å². The second-order valence-corrected chi connectivity index (χ2v) is 6.48. The number of benzene rings is 2. The summed E-state index contributed by atoms with van der Waals surface area (Å²) in [5.41, 5.74) is 3.05. The van der Waals surface area contributed by atoms with Crippen LogP contribution in [0.25, 0.3) is 0 Å². The summed E-state index contributed by atoms with van der Waals surface area (Å²) in [5.74, 6) is 0.559. The highest BCUT2D eigenvalue weighted by atomic mass is 35.5. The van der Waals surface area contributed by atoms with E-state index in [1.807, 2.05) is 6.92 Å². The van der Waals surface area contributed by atoms with Crippen molar-refractivity contribution in [1.82, 2.24) is 5.32 Å². The van der Waals surface area contributed by atoms with Crippen molar-refractivity contribution in [1.29, 1.82) is 0 Å². The number of nitrogens with one attached hydrogen (secondary N) is 1. The summed E-state index contributed by atoms with van der Waals surface area (Å²) in [6, 6.07) is 15.3. The minimum absolute atomic E-state index is 0.0312. The molecule has 0 saturated heterocycles. The molecule has 0 unspecified atom stereocenters. The van der Waals surface area contributed by atoms with Crippen LogP contribution in [-0.2, 0) is 6.42 Å². The lowest BCUT2D eigenvalue weighted by Gasteiger charge is -2.15. The standard InChI is InChI=1S/C19H22ClNO/c1-13(2)12-15-4-6-16(7-5-15)14(3)21-19(22)17-8-10-18(20)11-9-17/h4-11,13-14H,12H2,1-3H3,(H,21,22)/t14-/m0/s1. The molecule has 116 valence electrons. The smallest absolute Gasteiger partial charge is 0.251 e. The fraction of sp³-hybridized carbons (Fsp3) is 0.316. The van der Waals surface area contributed by atoms with Gasteiger partial charge in [0.15, 0.2) is 0 Å². The first-order chi connectivity index (χ1) is 10.5. The van der Waals surface area contributed by atoms with E-state index < -0.39 is 0 Å². The van der Waals surface area contributed by atoms with E-state index in [0.717, 1.165) is 12.0 Å². The second kappa shape index (κ2) is 7.46. The summed E-state index contributed by atoms with van der Waals surface area (Å²) < 4.78 is 0. The summed E-state index contributed by atoms with van der Waals surface area (Å²) >= 11 is 5.84. The molecule has 0 heterocycles. The number of rotatable bonds is 5. The van der Waals surface area contributed by atoms with Gasteiger partial charge >= 0.3 is 0 Å². The summed E-state index contributed by atoms with van der Waals surface area (Å²) in [6.45, 7) is 6.41. The van der Waals surface area contributed by atoms with E-state index in [1.54, 1.807) is 24.3 Å². The van der Waals surface area contributed by atoms with Gasteiger partial charge in [0, 0.05) is 10.6 Å². The van der Waals surface area contributed by atoms with Crippen molar-refractivity contribution in [2.24, 2.45) is 5.92 Å². The average Bonchev–Trinajstić information content (AvgIpc) is 2.48. The Bertz CT molecular complexity index is 617. The zero-order valence-corrected chi connectivity index (χ0v) is 14.0. The van der Waals surface area contributed by atoms with E-state index in [0.29, 0.717) is 16.5 Å². The lowest BCUT2D eigenvalue weighted by Crippen LogP contribution is -2.26. The maximum atomic E-state index is 12.2. The summed E-state index contributed by atoms with van der Waals surface area (Å²) in [5, 5.41) is 3.64. The molecule has 3 heteroatoms. The van der Waals surface area contributed by atoms with Gasteiger partial charge in [-0.15, -0.1) is 0 Å². The molecule has 0 spiro atoms. The Morgan fingerprint density at radius 3 is 2.14 bits per heavy atom. The molecular formula is C19H22ClNO. The van der Waals surface area contributed by atoms with E-state index in [9.17, 15) is 4.79 Å². The average molecular weight is 316 g/mol. The van der Waals surface area contributed by atoms with Crippen LogP contribution in [0.3, 0.4) is 0 Å². The number of hydrogen-bond acceptors (Lipinski definition) is 1. The number of carbonyl (C=O) groups is 1. The second-order valence-electron chi connectivity index (χ2n) is 6.04. The molecule has 2 nitrogen and oxygen atoms in total. The Labute approximate surface area is 137 Å². The van der Waals surface area contributed by atoms with Crippen LogP contribution >= 0.6 is 11.6 Å². The monoisotopic (exact) mass is 315 g/mol. The lowest BCUT2D eigenvalue weighted by atomic mass is 10.00. The SMILES string of the molecule is CC(C)Cc1ccc([C@H](C)NC(=O)c2ccc(Cl)cc2)cc1. The van der Waals surface area contributed by atoms with Crippen LogP contribution < -0.4 is 5.32 Å². The molecule has 0 fully saturated rings. The first-order valence-electron chi connectivity index (χ1n) is 7.61. The fourth-order valence-corrected chi connectivity index (χ4v) is 2.50. The van der Waals surface area contributed by atoms with E-state index in [-0.39, 0.29) is 11.9 Å². The predicted octanol–water partition coefficient (Wildman–Crippen LogP) is 5.03. The van der Waals surface area contributed by atoms with Gasteiger partial charge in [0.1, 0.15) is 0 Å². The number of halogens is 1. The van der Waals surface area contributed by atoms with Crippen LogP contribution in [0, 0.1) is 5.92 Å². The molecule has 2 aromatic carbocycles. The molecule has 0 aromatic heterocycles. The third kappa shape index (κ3) is 4.60. The topological polar surface area (TPSA) is 29.1 Å². The van der Waals surface area contributed by atoms with Gasteiger partial charge in [-0.1, -0.05) is 49.7 Å². The molecule has 2 aromatic rings. The fourth-order valence-electron chi connectivity index (χ4n) is 2.38. The van der Waals surface area contributed by atoms with Gasteiger partial charge in [-0.25, -0.2) is 0 Å². The Morgan fingerprint density at radius 1 is 1.00 bits per heavy atom. The molecule has 0 bridgehead atoms. The highest BCUT2D eigenvalue weighted by molar-refractivity contribution is 6.30. The van der Waals surface area contributed by atoms with Gasteiger partial charge < -0.3 is 5.32 Å². The van der Waals surface area contributed by atoms with Crippen LogP contribution in [0.2, 0.25) is 5.02 Å². The molecule has 0 aliphatic carbocycles. The van der Waals surface area contributed by atoms with Crippen molar-refractivity contribution >= 4 is 17.5 Å². The largest absolute Gasteiger partial charge is 0.346 e. The minimum Gasteiger partial charge on any atom is -0.346 e. The zero-order chi connectivity index (χ0) is 16.1. The Morgan fingerprint density at radius 2 is 1.59 bits per heavy atom. The number of amides is 1. The van der Waals surface area contributed by atoms with Crippen LogP contribution in [0.15, 0.2) is 48.5 Å². The summed E-state index contributed by atoms with van der Waals surface area (Å²) in [6.07, 6.45) is 1.08. The number of hydrogen-bond donors (Lipinski definition) is 1. The first kappa shape index (κ1) is 16.6. The van der Waals surface area contributed by atoms with Gasteiger partial charge in [-0.05, 0) is 54.7 Å². The van der Waals surface area contributed by atoms with Crippen LogP contribution in [0.1, 0.15) is 48.3 Å². The van der Waals surface area contributed by atoms with Crippen molar-refractivity contribution in [2.45, 2.75) is 33.2 Å². The molecule has 0 aliphatic rings. The molecule has 0 radical (unpaired) electrons. The molecule has 0 saturated carbocycles. The molecule has 0 aliphatic heterocycles. The van der Waals surface area contributed by atoms with Crippen LogP contribution in [-0.4, -0.2) is 5.91 Å². The van der Waals surface area contributed by atoms with Crippen molar-refractivity contribution in [3.63, 3.8) is 0 Å². The summed E-state index contributed by atoms with van der Waals surface area (Å²) in [7, 11) is 0. The minimum atomic E-state index is -0.0876. The molecular weight excluding hydrogens is 294 g/mol. The van der Waals surface area contributed by atoms with E-state index in [2.05, 4.69) is 43.4 Å². The zero-order valence-electron chi connectivity index (χ0n) is 13.3. The predicted molar refractivity (Wildman–Crippen MR) is 92.3 cm³/mol. The normalized spacial score (nSPS) is 12.2. The van der Waals surface area contributed by atoms with Gasteiger partial charge in [0.05, 0.1) is 6.04 Å². The summed E-state index contributed by atoms with van der Waals surface area (Å²) in [4.78, 5) is 12.2. The number of carbonyl (C=O) groups excluding carboxylic acids is 1. The molecule has 1 atom stereocenters. The molecule has 1 amide bonds. The van der Waals surface area contributed by atoms with Crippen LogP contribution in [0.4, 0.5) is 0 Å². The van der Waals surface area contributed by atoms with E-state index >= 15 is 0 Å². The Balaban J connectivity index is 2.00. The highest BCUT2D eigenvalue weighted by Gasteiger charge is 2.11. The quantitative estimate of drug-likeness (QED) is 0.823. The van der Waals surface area contributed by atoms with Crippen molar-refractivity contribution < 1.29 is 4.79 Å². The Hall–Kier alpha value is -1.80. The van der Waals surface area contributed by atoms with Crippen molar-refractivity contribution in [3.8, 4) is 0 Å². The highest BCUT2D eigenvalue weighted by Crippen LogP contribution is 2.17. The van der Waals surface area contributed by atoms with Crippen LogP contribution in [0.5, 0.6) is 0 Å². The van der Waals surface area contributed by atoms with E-state index in [4.69, 9.17) is 11.6 Å².